The van der Waals surface area contributed by atoms with Crippen LogP contribution in [0.1, 0.15) is 18.1 Å². The lowest BCUT2D eigenvalue weighted by atomic mass is 10.1. The molecule has 0 aliphatic rings. The number of nitrogens with zero attached hydrogens (tertiary/aromatic N) is 1. The third-order valence-corrected chi connectivity index (χ3v) is 5.09. The Morgan fingerprint density at radius 3 is 2.46 bits per heavy atom. The van der Waals surface area contributed by atoms with E-state index in [1.807, 2.05) is 13.0 Å². The fourth-order valence-corrected chi connectivity index (χ4v) is 3.39. The van der Waals surface area contributed by atoms with E-state index in [2.05, 4.69) is 15.6 Å². The van der Waals surface area contributed by atoms with Crippen LogP contribution in [0, 0.1) is 5.82 Å². The summed E-state index contributed by atoms with van der Waals surface area (Å²) >= 11 is 0. The molecule has 1 unspecified atom stereocenters. The number of alkyl halides is 3. The smallest absolute Gasteiger partial charge is 0.357 e. The molecule has 0 aromatic heterocycles. The van der Waals surface area contributed by atoms with E-state index in [4.69, 9.17) is 0 Å². The normalized spacial score (nSPS) is 13.2. The highest BCUT2D eigenvalue weighted by Crippen LogP contribution is 2.32. The Balaban J connectivity index is 2.02. The molecule has 0 radical (unpaired) electrons. The standard InChI is InChI=1S/C19H21F4N3OS/c1-2-24-18(25-10-11-28(27)16-6-4-3-5-7-16)26-13-14-8-9-15(20)12-17(14)19(21,22)23/h3-9,12H,2,10-11,13H2,1H3,(H2,24,25,26). The molecule has 0 aliphatic heterocycles. The minimum Gasteiger partial charge on any atom is -0.357 e. The van der Waals surface area contributed by atoms with E-state index in [1.54, 1.807) is 24.3 Å². The molecule has 2 N–H and O–H groups in total. The quantitative estimate of drug-likeness (QED) is 0.412. The Labute approximate surface area is 163 Å². The molecule has 0 heterocycles. The first-order chi connectivity index (χ1) is 13.3. The number of halogens is 4. The second-order valence-corrected chi connectivity index (χ2v) is 7.35. The van der Waals surface area contributed by atoms with E-state index in [1.165, 1.54) is 0 Å². The Kier molecular flexibility index (Phi) is 7.98. The van der Waals surface area contributed by atoms with Crippen LogP contribution in [-0.2, 0) is 23.5 Å². The number of nitrogens with one attached hydrogen (secondary N) is 2. The van der Waals surface area contributed by atoms with Gasteiger partial charge < -0.3 is 10.6 Å². The first kappa shape index (κ1) is 21.9. The molecule has 0 amide bonds. The van der Waals surface area contributed by atoms with Gasteiger partial charge >= 0.3 is 6.18 Å². The summed E-state index contributed by atoms with van der Waals surface area (Å²) in [6.07, 6.45) is -4.66. The van der Waals surface area contributed by atoms with Crippen LogP contribution < -0.4 is 10.6 Å². The van der Waals surface area contributed by atoms with Crippen LogP contribution in [0.4, 0.5) is 17.6 Å². The lowest BCUT2D eigenvalue weighted by molar-refractivity contribution is -0.138. The lowest BCUT2D eigenvalue weighted by Gasteiger charge is -2.14. The zero-order chi connectivity index (χ0) is 20.6. The van der Waals surface area contributed by atoms with Gasteiger partial charge in [0.15, 0.2) is 5.96 Å². The molecule has 0 bridgehead atoms. The van der Waals surface area contributed by atoms with Crippen molar-refractivity contribution in [1.82, 2.24) is 10.6 Å². The van der Waals surface area contributed by atoms with E-state index >= 15 is 0 Å². The van der Waals surface area contributed by atoms with E-state index < -0.39 is 28.4 Å². The molecule has 28 heavy (non-hydrogen) atoms. The van der Waals surface area contributed by atoms with Gasteiger partial charge in [-0.3, -0.25) is 4.21 Å². The maximum atomic E-state index is 13.2. The fourth-order valence-electron chi connectivity index (χ4n) is 2.41. The third kappa shape index (κ3) is 6.63. The Morgan fingerprint density at radius 2 is 1.82 bits per heavy atom. The van der Waals surface area contributed by atoms with Gasteiger partial charge in [0.1, 0.15) is 5.82 Å². The van der Waals surface area contributed by atoms with E-state index in [0.29, 0.717) is 35.8 Å². The molecule has 0 saturated carbocycles. The predicted octanol–water partition coefficient (Wildman–Crippen LogP) is 3.71. The Morgan fingerprint density at radius 1 is 1.11 bits per heavy atom. The highest BCUT2D eigenvalue weighted by molar-refractivity contribution is 7.85. The minimum absolute atomic E-state index is 0.126. The maximum Gasteiger partial charge on any atom is 0.416 e. The van der Waals surface area contributed by atoms with Crippen molar-refractivity contribution in [3.05, 3.63) is 65.5 Å². The molecule has 0 saturated heterocycles. The second kappa shape index (κ2) is 10.2. The molecule has 0 fully saturated rings. The van der Waals surface area contributed by atoms with Gasteiger partial charge in [-0.1, -0.05) is 24.3 Å². The molecule has 152 valence electrons. The first-order valence-corrected chi connectivity index (χ1v) is 9.94. The van der Waals surface area contributed by atoms with Gasteiger partial charge in [0, 0.05) is 23.7 Å². The van der Waals surface area contributed by atoms with E-state index in [0.717, 1.165) is 12.1 Å². The van der Waals surface area contributed by atoms with Crippen molar-refractivity contribution < 1.29 is 21.8 Å². The molecular weight excluding hydrogens is 394 g/mol. The summed E-state index contributed by atoms with van der Waals surface area (Å²) in [7, 11) is -1.20. The zero-order valence-electron chi connectivity index (χ0n) is 15.2. The molecule has 2 aromatic rings. The van der Waals surface area contributed by atoms with Crippen molar-refractivity contribution in [3.8, 4) is 0 Å². The molecule has 9 heteroatoms. The van der Waals surface area contributed by atoms with Crippen LogP contribution >= 0.6 is 0 Å². The summed E-state index contributed by atoms with van der Waals surface area (Å²) < 4.78 is 64.6. The predicted molar refractivity (Wildman–Crippen MR) is 102 cm³/mol. The van der Waals surface area contributed by atoms with Gasteiger partial charge in [0.2, 0.25) is 0 Å². The van der Waals surface area contributed by atoms with Crippen LogP contribution in [0.5, 0.6) is 0 Å². The van der Waals surface area contributed by atoms with Gasteiger partial charge in [-0.05, 0) is 36.8 Å². The number of hydrogen-bond donors (Lipinski definition) is 2. The molecule has 4 nitrogen and oxygen atoms in total. The summed E-state index contributed by atoms with van der Waals surface area (Å²) in [4.78, 5) is 4.83. The van der Waals surface area contributed by atoms with Crippen LogP contribution in [0.2, 0.25) is 0 Å². The van der Waals surface area contributed by atoms with Gasteiger partial charge in [-0.15, -0.1) is 0 Å². The number of hydrogen-bond acceptors (Lipinski definition) is 2. The van der Waals surface area contributed by atoms with Gasteiger partial charge in [-0.2, -0.15) is 13.2 Å². The Hall–Kier alpha value is -2.42. The summed E-state index contributed by atoms with van der Waals surface area (Å²) in [5, 5.41) is 5.87. The zero-order valence-corrected chi connectivity index (χ0v) is 16.0. The lowest BCUT2D eigenvalue weighted by Crippen LogP contribution is -2.39. The topological polar surface area (TPSA) is 53.5 Å². The molecule has 1 atom stereocenters. The largest absolute Gasteiger partial charge is 0.416 e. The van der Waals surface area contributed by atoms with Crippen molar-refractivity contribution in [1.29, 1.82) is 0 Å². The number of aliphatic imine (C=N–C) groups is 1. The maximum absolute atomic E-state index is 13.2. The molecule has 2 aromatic carbocycles. The number of guanidine groups is 1. The average Bonchev–Trinajstić information content (AvgIpc) is 2.66. The summed E-state index contributed by atoms with van der Waals surface area (Å²) in [5.41, 5.74) is -1.17. The fraction of sp³-hybridized carbons (Fsp3) is 0.316. The van der Waals surface area contributed by atoms with Crippen molar-refractivity contribution >= 4 is 16.8 Å². The van der Waals surface area contributed by atoms with Crippen LogP contribution in [0.15, 0.2) is 58.4 Å². The molecular formula is C19H21F4N3OS. The summed E-state index contributed by atoms with van der Waals surface area (Å²) in [6, 6.07) is 11.5. The van der Waals surface area contributed by atoms with Crippen molar-refractivity contribution in [2.75, 3.05) is 18.8 Å². The van der Waals surface area contributed by atoms with Crippen molar-refractivity contribution in [3.63, 3.8) is 0 Å². The average molecular weight is 415 g/mol. The third-order valence-electron chi connectivity index (χ3n) is 3.72. The Bertz CT molecular complexity index is 826. The molecule has 0 spiro atoms. The number of rotatable bonds is 7. The van der Waals surface area contributed by atoms with Crippen molar-refractivity contribution in [2.24, 2.45) is 4.99 Å². The minimum atomic E-state index is -4.66. The van der Waals surface area contributed by atoms with Crippen LogP contribution in [0.25, 0.3) is 0 Å². The second-order valence-electron chi connectivity index (χ2n) is 5.78. The van der Waals surface area contributed by atoms with Crippen molar-refractivity contribution in [2.45, 2.75) is 24.5 Å². The van der Waals surface area contributed by atoms with Gasteiger partial charge in [0.05, 0.1) is 22.9 Å². The van der Waals surface area contributed by atoms with Crippen LogP contribution in [0.3, 0.4) is 0 Å². The molecule has 2 rings (SSSR count). The van der Waals surface area contributed by atoms with E-state index in [9.17, 15) is 21.8 Å². The highest BCUT2D eigenvalue weighted by atomic mass is 32.2. The van der Waals surface area contributed by atoms with Gasteiger partial charge in [-0.25, -0.2) is 9.38 Å². The highest BCUT2D eigenvalue weighted by Gasteiger charge is 2.33. The van der Waals surface area contributed by atoms with Crippen LogP contribution in [-0.4, -0.2) is 29.0 Å². The van der Waals surface area contributed by atoms with Gasteiger partial charge in [0.25, 0.3) is 0 Å². The first-order valence-electron chi connectivity index (χ1n) is 8.62. The molecule has 0 aliphatic carbocycles. The van der Waals surface area contributed by atoms with E-state index in [-0.39, 0.29) is 12.1 Å². The monoisotopic (exact) mass is 415 g/mol. The summed E-state index contributed by atoms with van der Waals surface area (Å²) in [6.45, 7) is 2.37. The summed E-state index contributed by atoms with van der Waals surface area (Å²) in [5.74, 6) is -0.336. The SMILES string of the molecule is CCNC(=NCc1ccc(F)cc1C(F)(F)F)NCCS(=O)c1ccccc1. The number of benzene rings is 2.